The number of hydrogen-bond donors (Lipinski definition) is 2. The van der Waals surface area contributed by atoms with Gasteiger partial charge in [0.2, 0.25) is 5.79 Å². The van der Waals surface area contributed by atoms with Gasteiger partial charge in [0.25, 0.3) is 0 Å². The Morgan fingerprint density at radius 1 is 1.27 bits per heavy atom. The fourth-order valence-electron chi connectivity index (χ4n) is 4.17. The number of piperazine rings is 1. The highest BCUT2D eigenvalue weighted by molar-refractivity contribution is 5.74. The van der Waals surface area contributed by atoms with Crippen molar-refractivity contribution in [3.8, 4) is 0 Å². The fourth-order valence-corrected chi connectivity index (χ4v) is 4.17. The minimum absolute atomic E-state index is 0.145. The first-order valence-corrected chi connectivity index (χ1v) is 10.7. The summed E-state index contributed by atoms with van der Waals surface area (Å²) in [6.45, 7) is 9.65. The molecule has 9 heteroatoms. The first-order chi connectivity index (χ1) is 14.2. The number of aliphatic hydroxyl groups is 1. The van der Waals surface area contributed by atoms with Gasteiger partial charge in [-0.3, -0.25) is 9.69 Å². The summed E-state index contributed by atoms with van der Waals surface area (Å²) in [6.07, 6.45) is 7.97. The van der Waals surface area contributed by atoms with Gasteiger partial charge in [-0.2, -0.15) is 5.10 Å². The Hall–Kier alpha value is -2.26. The maximum atomic E-state index is 12.1. The number of hydrazone groups is 1. The molecule has 2 fully saturated rings. The van der Waals surface area contributed by atoms with E-state index in [1.165, 1.54) is 6.21 Å². The van der Waals surface area contributed by atoms with Crippen molar-refractivity contribution in [2.24, 2.45) is 16.4 Å². The van der Waals surface area contributed by atoms with Crippen LogP contribution < -0.4 is 10.7 Å². The number of aromatic nitrogens is 2. The third-order valence-corrected chi connectivity index (χ3v) is 5.76. The van der Waals surface area contributed by atoms with E-state index >= 15 is 0 Å². The topological polar surface area (TPSA) is 117 Å². The summed E-state index contributed by atoms with van der Waals surface area (Å²) in [5.41, 5.74) is 0.848. The molecule has 0 bridgehead atoms. The first-order valence-electron chi connectivity index (χ1n) is 10.7. The van der Waals surface area contributed by atoms with E-state index in [-0.39, 0.29) is 11.4 Å². The molecule has 1 aromatic heterocycles. The second-order valence-corrected chi connectivity index (χ2v) is 9.49. The highest BCUT2D eigenvalue weighted by atomic mass is 16.7. The van der Waals surface area contributed by atoms with Gasteiger partial charge in [-0.15, -0.1) is 0 Å². The Kier molecular flexibility index (Phi) is 6.92. The van der Waals surface area contributed by atoms with E-state index in [1.54, 1.807) is 12.4 Å². The van der Waals surface area contributed by atoms with Crippen LogP contribution in [-0.2, 0) is 9.53 Å². The molecule has 2 heterocycles. The lowest BCUT2D eigenvalue weighted by Gasteiger charge is -2.44. The van der Waals surface area contributed by atoms with Crippen LogP contribution in [-0.4, -0.2) is 70.2 Å². The quantitative estimate of drug-likeness (QED) is 0.243. The molecule has 2 aliphatic rings. The van der Waals surface area contributed by atoms with Crippen LogP contribution in [0.4, 0.5) is 5.69 Å². The van der Waals surface area contributed by atoms with E-state index in [2.05, 4.69) is 24.9 Å². The molecule has 9 nitrogen and oxygen atoms in total. The minimum atomic E-state index is -1.31. The zero-order chi connectivity index (χ0) is 21.8. The van der Waals surface area contributed by atoms with Crippen LogP contribution in [0.1, 0.15) is 58.7 Å². The monoisotopic (exact) mass is 418 g/mol. The maximum absolute atomic E-state index is 12.1. The van der Waals surface area contributed by atoms with Crippen LogP contribution in [0, 0.1) is 5.41 Å². The van der Waals surface area contributed by atoms with E-state index < -0.39 is 5.79 Å². The summed E-state index contributed by atoms with van der Waals surface area (Å²) in [6, 6.07) is 0.410. The van der Waals surface area contributed by atoms with Crippen molar-refractivity contribution in [3.63, 3.8) is 0 Å². The summed E-state index contributed by atoms with van der Waals surface area (Å²) in [7, 11) is 0. The molecular weight excluding hydrogens is 384 g/mol. The fraction of sp³-hybridized carbons (Fsp3) is 0.714. The molecule has 1 aliphatic heterocycles. The molecule has 0 unspecified atom stereocenters. The van der Waals surface area contributed by atoms with Crippen molar-refractivity contribution in [1.29, 1.82) is 0 Å². The van der Waals surface area contributed by atoms with Gasteiger partial charge in [-0.1, -0.05) is 20.8 Å². The van der Waals surface area contributed by atoms with Crippen LogP contribution in [0.5, 0.6) is 0 Å². The molecule has 3 rings (SSSR count). The third kappa shape index (κ3) is 6.12. The summed E-state index contributed by atoms with van der Waals surface area (Å²) in [5, 5.41) is 14.1. The zero-order valence-electron chi connectivity index (χ0n) is 18.3. The summed E-state index contributed by atoms with van der Waals surface area (Å²) in [4.78, 5) is 25.4. The Balaban J connectivity index is 1.45. The van der Waals surface area contributed by atoms with E-state index in [9.17, 15) is 9.90 Å². The van der Waals surface area contributed by atoms with E-state index in [0.717, 1.165) is 44.7 Å². The minimum Gasteiger partial charge on any atom is -0.433 e. The number of carbonyl (C=O) groups excluding carboxylic acids is 1. The van der Waals surface area contributed by atoms with Gasteiger partial charge in [0, 0.05) is 45.1 Å². The Morgan fingerprint density at radius 2 is 1.87 bits per heavy atom. The van der Waals surface area contributed by atoms with Gasteiger partial charge < -0.3 is 20.6 Å². The third-order valence-electron chi connectivity index (χ3n) is 5.76. The smallest absolute Gasteiger partial charge is 0.308 e. The first kappa shape index (κ1) is 22.4. The number of anilines is 1. The Labute approximate surface area is 178 Å². The van der Waals surface area contributed by atoms with Crippen LogP contribution in [0.25, 0.3) is 0 Å². The number of nitrogens with zero attached hydrogens (tertiary/aromatic N) is 5. The zero-order valence-corrected chi connectivity index (χ0v) is 18.3. The molecule has 3 N–H and O–H groups in total. The van der Waals surface area contributed by atoms with Gasteiger partial charge in [0.05, 0.1) is 30.7 Å². The number of esters is 1. The largest absolute Gasteiger partial charge is 0.433 e. The maximum Gasteiger partial charge on any atom is 0.308 e. The van der Waals surface area contributed by atoms with Crippen molar-refractivity contribution in [1.82, 2.24) is 14.9 Å². The molecule has 1 saturated heterocycles. The molecule has 0 amide bonds. The lowest BCUT2D eigenvalue weighted by Crippen LogP contribution is -2.53. The molecular formula is C21H34N6O3. The molecule has 166 valence electrons. The molecule has 1 aromatic rings. The van der Waals surface area contributed by atoms with Crippen molar-refractivity contribution >= 4 is 17.9 Å². The highest BCUT2D eigenvalue weighted by Crippen LogP contribution is 2.34. The molecule has 0 aromatic carbocycles. The van der Waals surface area contributed by atoms with E-state index in [0.29, 0.717) is 31.1 Å². The van der Waals surface area contributed by atoms with Crippen LogP contribution in [0.2, 0.25) is 0 Å². The lowest BCUT2D eigenvalue weighted by atomic mass is 9.88. The second kappa shape index (κ2) is 9.26. The number of nitrogens with two attached hydrogens (primary N) is 1. The van der Waals surface area contributed by atoms with Crippen molar-refractivity contribution in [2.45, 2.75) is 64.7 Å². The van der Waals surface area contributed by atoms with Gasteiger partial charge in [0.15, 0.2) is 5.82 Å². The van der Waals surface area contributed by atoms with Crippen LogP contribution in [0.15, 0.2) is 17.5 Å². The lowest BCUT2D eigenvalue weighted by molar-refractivity contribution is -0.225. The van der Waals surface area contributed by atoms with Gasteiger partial charge in [0.1, 0.15) is 0 Å². The normalized spacial score (nSPS) is 26.1. The average Bonchev–Trinajstić information content (AvgIpc) is 2.68. The van der Waals surface area contributed by atoms with Gasteiger partial charge >= 0.3 is 5.97 Å². The van der Waals surface area contributed by atoms with Crippen LogP contribution >= 0.6 is 0 Å². The SMILES string of the molecule is CC(C)(C)CC(=O)OC1(O)CCC(N2CCN(c3cnc(/C=N\N)nc3)CC2)CC1. The summed E-state index contributed by atoms with van der Waals surface area (Å²) < 4.78 is 5.45. The average molecular weight is 419 g/mol. The Bertz CT molecular complexity index is 730. The molecule has 1 aliphatic carbocycles. The van der Waals surface area contributed by atoms with Crippen molar-refractivity contribution < 1.29 is 14.6 Å². The molecule has 0 radical (unpaired) electrons. The molecule has 30 heavy (non-hydrogen) atoms. The predicted octanol–water partition coefficient (Wildman–Crippen LogP) is 1.50. The summed E-state index contributed by atoms with van der Waals surface area (Å²) >= 11 is 0. The van der Waals surface area contributed by atoms with Gasteiger partial charge in [-0.25, -0.2) is 9.97 Å². The number of ether oxygens (including phenoxy) is 1. The second-order valence-electron chi connectivity index (χ2n) is 9.49. The van der Waals surface area contributed by atoms with Crippen molar-refractivity contribution in [3.05, 3.63) is 18.2 Å². The predicted molar refractivity (Wildman–Crippen MR) is 115 cm³/mol. The highest BCUT2D eigenvalue weighted by Gasteiger charge is 2.39. The van der Waals surface area contributed by atoms with E-state index in [1.807, 2.05) is 20.8 Å². The standard InChI is InChI=1S/C21H34N6O3/c1-20(2,3)12-19(28)30-21(29)6-4-16(5-7-21)26-8-10-27(11-9-26)17-13-23-18(15-25-22)24-14-17/h13-16,29H,4-12,22H2,1-3H3/b25-15-. The summed E-state index contributed by atoms with van der Waals surface area (Å²) in [5.74, 6) is 3.99. The molecule has 0 atom stereocenters. The van der Waals surface area contributed by atoms with Gasteiger partial charge in [-0.05, 0) is 18.3 Å². The number of rotatable bonds is 5. The van der Waals surface area contributed by atoms with E-state index in [4.69, 9.17) is 10.6 Å². The molecule has 0 spiro atoms. The molecule has 1 saturated carbocycles. The van der Waals surface area contributed by atoms with Crippen molar-refractivity contribution in [2.75, 3.05) is 31.1 Å². The number of carbonyl (C=O) groups is 1. The van der Waals surface area contributed by atoms with Crippen LogP contribution in [0.3, 0.4) is 0 Å². The number of hydrogen-bond acceptors (Lipinski definition) is 9. The Morgan fingerprint density at radius 3 is 2.40 bits per heavy atom.